The molecule has 18 heteroatoms. The number of amides is 5. The summed E-state index contributed by atoms with van der Waals surface area (Å²) in [6.45, 7) is 4.60. The number of phenolic OH excluding ortho intramolecular Hbond substituents is 1. The number of nitrogens with two attached hydrogens (primary N) is 2. The summed E-state index contributed by atoms with van der Waals surface area (Å²) < 4.78 is 21.7. The Labute approximate surface area is 320 Å². The van der Waals surface area contributed by atoms with Crippen LogP contribution in [-0.4, -0.2) is 79.1 Å². The van der Waals surface area contributed by atoms with Gasteiger partial charge >= 0.3 is 0 Å². The Bertz CT molecular complexity index is 1720. The minimum absolute atomic E-state index is 0.0152. The topological polar surface area (TPSA) is 276 Å². The van der Waals surface area contributed by atoms with Crippen molar-refractivity contribution in [2.24, 2.45) is 17.4 Å². The van der Waals surface area contributed by atoms with Crippen LogP contribution in [0.5, 0.6) is 5.75 Å². The zero-order chi connectivity index (χ0) is 40.5. The summed E-state index contributed by atoms with van der Waals surface area (Å²) in [6, 6.07) is 10.5. The van der Waals surface area contributed by atoms with Crippen LogP contribution in [0.2, 0.25) is 0 Å². The van der Waals surface area contributed by atoms with Gasteiger partial charge in [-0.15, -0.1) is 0 Å². The van der Waals surface area contributed by atoms with Crippen LogP contribution in [0.4, 0.5) is 0 Å². The quantitative estimate of drug-likeness (QED) is 0.0454. The van der Waals surface area contributed by atoms with Crippen molar-refractivity contribution in [3.63, 3.8) is 0 Å². The number of carbonyl (C=O) groups excluding carboxylic acids is 5. The highest BCUT2D eigenvalue weighted by Gasteiger charge is 2.33. The first-order chi connectivity index (χ1) is 26.1. The van der Waals surface area contributed by atoms with E-state index in [1.165, 1.54) is 25.1 Å². The Kier molecular flexibility index (Phi) is 17.4. The number of aromatic hydroxyl groups is 1. The molecule has 5 amide bonds. The van der Waals surface area contributed by atoms with Gasteiger partial charge < -0.3 is 57.1 Å². The number of phosphoric acid groups is 1. The van der Waals surface area contributed by atoms with Gasteiger partial charge in [0.2, 0.25) is 29.5 Å². The van der Waals surface area contributed by atoms with E-state index in [-0.39, 0.29) is 30.8 Å². The zero-order valence-corrected chi connectivity index (χ0v) is 31.8. The molecule has 1 fully saturated rings. The molecule has 55 heavy (non-hydrogen) atoms. The molecule has 0 aliphatic heterocycles. The summed E-state index contributed by atoms with van der Waals surface area (Å²) in [6.07, 6.45) is 3.68. The number of benzene rings is 2. The van der Waals surface area contributed by atoms with Gasteiger partial charge in [-0.3, -0.25) is 28.5 Å². The lowest BCUT2D eigenvalue weighted by Gasteiger charge is -2.27. The molecular weight excluding hydrogens is 733 g/mol. The third kappa shape index (κ3) is 15.6. The van der Waals surface area contributed by atoms with Crippen molar-refractivity contribution in [3.05, 3.63) is 89.8 Å². The fourth-order valence-electron chi connectivity index (χ4n) is 6.03. The van der Waals surface area contributed by atoms with Gasteiger partial charge in [-0.25, -0.2) is 0 Å². The first kappa shape index (κ1) is 44.2. The third-order valence-electron chi connectivity index (χ3n) is 8.77. The third-order valence-corrected chi connectivity index (χ3v) is 9.68. The maximum Gasteiger partial charge on any atom is 0.267 e. The highest BCUT2D eigenvalue weighted by atomic mass is 31.2. The number of hydrogen-bond donors (Lipinski definition) is 8. The predicted octanol–water partition coefficient (Wildman–Crippen LogP) is 0.279. The molecule has 0 radical (unpaired) electrons. The second-order valence-corrected chi connectivity index (χ2v) is 14.7. The normalized spacial score (nSPS) is 17.8. The smallest absolute Gasteiger partial charge is 0.267 e. The second-order valence-electron chi connectivity index (χ2n) is 13.2. The van der Waals surface area contributed by atoms with E-state index in [0.717, 1.165) is 12.7 Å². The molecule has 0 saturated heterocycles. The molecule has 10 N–H and O–H groups in total. The largest absolute Gasteiger partial charge is 0.756 e. The van der Waals surface area contributed by atoms with E-state index in [9.17, 15) is 38.5 Å². The molecule has 3 rings (SSSR count). The lowest BCUT2D eigenvalue weighted by Crippen LogP contribution is -2.56. The van der Waals surface area contributed by atoms with Crippen molar-refractivity contribution in [1.29, 1.82) is 0 Å². The van der Waals surface area contributed by atoms with Crippen LogP contribution >= 0.6 is 7.82 Å². The SMILES string of the molecule is C=C(N)NCCC[C@H](NC(=O)[C@@H]1CCC/C1=C/[C@H](COP(=O)([O-])OC)NC(=O)[C@H](Cc1ccc(O)cc1)NC(=O)[C@H](Cc1ccccc1)NC(C)=O)C(N)=O. The first-order valence-corrected chi connectivity index (χ1v) is 19.2. The summed E-state index contributed by atoms with van der Waals surface area (Å²) in [5, 5.41) is 23.4. The number of phosphoric ester groups is 1. The van der Waals surface area contributed by atoms with E-state index in [1.807, 2.05) is 6.07 Å². The van der Waals surface area contributed by atoms with Crippen LogP contribution in [0, 0.1) is 5.92 Å². The highest BCUT2D eigenvalue weighted by molar-refractivity contribution is 7.45. The van der Waals surface area contributed by atoms with E-state index in [2.05, 4.69) is 37.7 Å². The average molecular weight is 785 g/mol. The highest BCUT2D eigenvalue weighted by Crippen LogP contribution is 2.37. The summed E-state index contributed by atoms with van der Waals surface area (Å²) in [5.41, 5.74) is 13.0. The monoisotopic (exact) mass is 784 g/mol. The van der Waals surface area contributed by atoms with Gasteiger partial charge in [0.25, 0.3) is 7.82 Å². The van der Waals surface area contributed by atoms with E-state index >= 15 is 0 Å². The van der Waals surface area contributed by atoms with Crippen molar-refractivity contribution in [3.8, 4) is 5.75 Å². The number of nitrogens with one attached hydrogen (secondary N) is 5. The molecule has 1 aliphatic rings. The molecule has 2 aromatic rings. The van der Waals surface area contributed by atoms with Crippen molar-refractivity contribution in [2.75, 3.05) is 20.3 Å². The Morgan fingerprint density at radius 3 is 2.16 bits per heavy atom. The predicted molar refractivity (Wildman–Crippen MR) is 201 cm³/mol. The van der Waals surface area contributed by atoms with Crippen LogP contribution < -0.4 is 42.9 Å². The molecular formula is C37H51N7O10P-. The van der Waals surface area contributed by atoms with E-state index < -0.39 is 74.1 Å². The molecule has 6 atom stereocenters. The number of hydrogen-bond acceptors (Lipinski definition) is 12. The standard InChI is InChI=1S/C37H52N7O10P/c1-23(38)40-18-8-13-31(34(39)47)43-35(48)30-12-7-11-27(30)21-28(22-54-55(51,52)53-3)42-36(49)33(20-26-14-16-29(46)17-15-26)44-37(50)32(41-24(2)45)19-25-9-5-4-6-10-25/h4-6,9-10,14-17,21,28,30-33,40,46H,1,7-8,11-13,18-20,22,38H2,2-3H3,(H2,39,47)(H,41,45)(H,42,49)(H,43,48)(H,44,50)(H,51,52)/p-1/b27-21-/t28-,30-,31+,32+,33+/m1/s1. The number of rotatable bonds is 22. The second kappa shape index (κ2) is 21.6. The molecule has 1 aliphatic carbocycles. The van der Waals surface area contributed by atoms with Crippen LogP contribution in [-0.2, 0) is 50.4 Å². The summed E-state index contributed by atoms with van der Waals surface area (Å²) in [7, 11) is -3.86. The molecule has 2 aromatic carbocycles. The van der Waals surface area contributed by atoms with E-state index in [0.29, 0.717) is 43.4 Å². The van der Waals surface area contributed by atoms with Crippen molar-refractivity contribution in [2.45, 2.75) is 76.0 Å². The zero-order valence-electron chi connectivity index (χ0n) is 31.0. The van der Waals surface area contributed by atoms with Crippen LogP contribution in [0.3, 0.4) is 0 Å². The lowest BCUT2D eigenvalue weighted by molar-refractivity contribution is -0.223. The Balaban J connectivity index is 1.89. The van der Waals surface area contributed by atoms with Crippen LogP contribution in [0.15, 0.2) is 78.6 Å². The Hall–Kier alpha value is -5.22. The minimum Gasteiger partial charge on any atom is -0.756 e. The Morgan fingerprint density at radius 1 is 0.945 bits per heavy atom. The molecule has 0 spiro atoms. The van der Waals surface area contributed by atoms with Gasteiger partial charge in [-0.05, 0) is 55.4 Å². The fourth-order valence-corrected chi connectivity index (χ4v) is 6.48. The van der Waals surface area contributed by atoms with Gasteiger partial charge in [0.05, 0.1) is 24.4 Å². The fraction of sp³-hybridized carbons (Fsp3) is 0.432. The Morgan fingerprint density at radius 2 is 1.56 bits per heavy atom. The van der Waals surface area contributed by atoms with Gasteiger partial charge in [0.15, 0.2) is 0 Å². The number of carbonyl (C=O) groups is 5. The lowest BCUT2D eigenvalue weighted by atomic mass is 9.98. The summed E-state index contributed by atoms with van der Waals surface area (Å²) >= 11 is 0. The van der Waals surface area contributed by atoms with Gasteiger partial charge in [0.1, 0.15) is 23.9 Å². The van der Waals surface area contributed by atoms with Crippen molar-refractivity contribution < 1.29 is 47.6 Å². The summed E-state index contributed by atoms with van der Waals surface area (Å²) in [4.78, 5) is 77.7. The molecule has 0 heterocycles. The van der Waals surface area contributed by atoms with Gasteiger partial charge in [-0.1, -0.05) is 60.7 Å². The van der Waals surface area contributed by atoms with Crippen LogP contribution in [0.1, 0.15) is 50.2 Å². The van der Waals surface area contributed by atoms with Gasteiger partial charge in [0, 0.05) is 33.4 Å². The molecule has 0 aromatic heterocycles. The van der Waals surface area contributed by atoms with Crippen LogP contribution in [0.25, 0.3) is 0 Å². The number of phenols is 1. The minimum atomic E-state index is -4.78. The van der Waals surface area contributed by atoms with E-state index in [4.69, 9.17) is 16.0 Å². The van der Waals surface area contributed by atoms with Crippen molar-refractivity contribution >= 4 is 37.4 Å². The van der Waals surface area contributed by atoms with E-state index in [1.54, 1.807) is 36.4 Å². The van der Waals surface area contributed by atoms with Gasteiger partial charge in [-0.2, -0.15) is 0 Å². The molecule has 1 unspecified atom stereocenters. The maximum atomic E-state index is 14.1. The molecule has 1 saturated carbocycles. The first-order valence-electron chi connectivity index (χ1n) is 17.8. The molecule has 0 bridgehead atoms. The van der Waals surface area contributed by atoms with Crippen molar-refractivity contribution in [1.82, 2.24) is 26.6 Å². The summed E-state index contributed by atoms with van der Waals surface area (Å²) in [5.74, 6) is -3.55. The molecule has 300 valence electrons. The molecule has 17 nitrogen and oxygen atoms in total. The maximum absolute atomic E-state index is 14.1. The number of primary amides is 1. The average Bonchev–Trinajstić information content (AvgIpc) is 3.60.